The molecule has 5 rings (SSSR count). The van der Waals surface area contributed by atoms with Crippen molar-refractivity contribution in [3.05, 3.63) is 77.4 Å². The lowest BCUT2D eigenvalue weighted by Crippen LogP contribution is -2.01. The average Bonchev–Trinajstić information content (AvgIpc) is 3.27. The highest BCUT2D eigenvalue weighted by Gasteiger charge is 2.20. The molecule has 1 unspecified atom stereocenters. The maximum Gasteiger partial charge on any atom is 0.126 e. The number of hydrogen-bond acceptors (Lipinski definition) is 8. The Morgan fingerprint density at radius 1 is 1.03 bits per heavy atom. The Morgan fingerprint density at radius 2 is 1.85 bits per heavy atom. The molecule has 0 spiro atoms. The minimum absolute atomic E-state index is 0.406. The van der Waals surface area contributed by atoms with Crippen molar-refractivity contribution in [2.75, 3.05) is 14.2 Å². The Bertz CT molecular complexity index is 1450. The van der Waals surface area contributed by atoms with Crippen LogP contribution < -0.4 is 4.74 Å². The molecule has 1 N–H and O–H groups in total. The molecule has 0 aliphatic carbocycles. The van der Waals surface area contributed by atoms with Gasteiger partial charge in [-0.25, -0.2) is 9.97 Å². The highest BCUT2D eigenvalue weighted by atomic mass is 32.1. The number of rotatable bonds is 6. The van der Waals surface area contributed by atoms with E-state index in [1.54, 1.807) is 44.9 Å². The first kappa shape index (κ1) is 21.4. The molecule has 0 bridgehead atoms. The summed E-state index contributed by atoms with van der Waals surface area (Å²) in [5.41, 5.74) is 6.49. The summed E-state index contributed by atoms with van der Waals surface area (Å²) in [5.74, 6) is 0.666. The number of nitrogens with zero attached hydrogens (tertiary/aromatic N) is 4. The van der Waals surface area contributed by atoms with Crippen LogP contribution in [0.1, 0.15) is 28.5 Å². The monoisotopic (exact) mass is 458 g/mol. The van der Waals surface area contributed by atoms with Crippen LogP contribution in [0.5, 0.6) is 5.75 Å². The maximum absolute atomic E-state index is 11.1. The molecule has 5 aromatic rings. The van der Waals surface area contributed by atoms with Crippen molar-refractivity contribution in [2.24, 2.45) is 0 Å². The van der Waals surface area contributed by atoms with Crippen molar-refractivity contribution in [3.8, 4) is 16.3 Å². The minimum atomic E-state index is -0.855. The van der Waals surface area contributed by atoms with Crippen molar-refractivity contribution in [3.63, 3.8) is 0 Å². The van der Waals surface area contributed by atoms with Gasteiger partial charge in [-0.05, 0) is 54.4 Å². The third kappa shape index (κ3) is 4.04. The van der Waals surface area contributed by atoms with E-state index in [0.29, 0.717) is 17.9 Å². The van der Waals surface area contributed by atoms with Gasteiger partial charge in [-0.3, -0.25) is 9.97 Å². The molecule has 0 fully saturated rings. The number of aliphatic hydroxyl groups is 1. The van der Waals surface area contributed by atoms with Gasteiger partial charge in [0, 0.05) is 30.6 Å². The molecule has 166 valence electrons. The molecule has 0 aliphatic rings. The van der Waals surface area contributed by atoms with Crippen molar-refractivity contribution in [1.29, 1.82) is 0 Å². The molecule has 8 heteroatoms. The smallest absolute Gasteiger partial charge is 0.126 e. The normalized spacial score (nSPS) is 12.4. The van der Waals surface area contributed by atoms with Gasteiger partial charge in [0.25, 0.3) is 0 Å². The van der Waals surface area contributed by atoms with E-state index < -0.39 is 6.10 Å². The molecule has 0 saturated carbocycles. The van der Waals surface area contributed by atoms with E-state index >= 15 is 0 Å². The quantitative estimate of drug-likeness (QED) is 0.389. The number of methoxy groups -OCH3 is 2. The second kappa shape index (κ2) is 8.82. The SMILES string of the molecule is COCc1cnc2c(-c3nc4c(C(O)c5ccncc5)cc(OC)cc4s3)cc(C)cc2n1. The number of aliphatic hydroxyl groups excluding tert-OH is 1. The second-order valence-corrected chi connectivity index (χ2v) is 8.77. The summed E-state index contributed by atoms with van der Waals surface area (Å²) >= 11 is 1.54. The Morgan fingerprint density at radius 3 is 2.61 bits per heavy atom. The second-order valence-electron chi connectivity index (χ2n) is 7.74. The summed E-state index contributed by atoms with van der Waals surface area (Å²) in [7, 11) is 3.26. The van der Waals surface area contributed by atoms with Gasteiger partial charge in [0.2, 0.25) is 0 Å². The van der Waals surface area contributed by atoms with Crippen LogP contribution in [0.2, 0.25) is 0 Å². The minimum Gasteiger partial charge on any atom is -0.497 e. The Balaban J connectivity index is 1.70. The topological polar surface area (TPSA) is 90.3 Å². The van der Waals surface area contributed by atoms with Crippen LogP contribution >= 0.6 is 11.3 Å². The van der Waals surface area contributed by atoms with Gasteiger partial charge in [0.1, 0.15) is 16.9 Å². The van der Waals surface area contributed by atoms with Gasteiger partial charge in [-0.15, -0.1) is 11.3 Å². The predicted molar refractivity (Wildman–Crippen MR) is 128 cm³/mol. The van der Waals surface area contributed by atoms with E-state index in [9.17, 15) is 5.11 Å². The van der Waals surface area contributed by atoms with Crippen molar-refractivity contribution < 1.29 is 14.6 Å². The molecule has 0 aliphatic heterocycles. The van der Waals surface area contributed by atoms with Crippen LogP contribution in [-0.2, 0) is 11.3 Å². The summed E-state index contributed by atoms with van der Waals surface area (Å²) in [6, 6.07) is 11.5. The first-order chi connectivity index (χ1) is 16.1. The summed E-state index contributed by atoms with van der Waals surface area (Å²) in [4.78, 5) is 18.4. The van der Waals surface area contributed by atoms with Crippen LogP contribution in [0.15, 0.2) is 55.0 Å². The lowest BCUT2D eigenvalue weighted by molar-refractivity contribution is 0.181. The van der Waals surface area contributed by atoms with Crippen molar-refractivity contribution in [1.82, 2.24) is 19.9 Å². The molecular formula is C25H22N4O3S. The van der Waals surface area contributed by atoms with Gasteiger partial charge >= 0.3 is 0 Å². The fourth-order valence-corrected chi connectivity index (χ4v) is 4.93. The number of ether oxygens (including phenoxy) is 2. The Hall–Kier alpha value is -3.46. The lowest BCUT2D eigenvalue weighted by Gasteiger charge is -2.13. The van der Waals surface area contributed by atoms with Gasteiger partial charge in [-0.2, -0.15) is 0 Å². The maximum atomic E-state index is 11.1. The van der Waals surface area contributed by atoms with Gasteiger partial charge < -0.3 is 14.6 Å². The molecule has 7 nitrogen and oxygen atoms in total. The number of fused-ring (bicyclic) bond motifs is 2. The van der Waals surface area contributed by atoms with E-state index in [2.05, 4.69) is 16.0 Å². The van der Waals surface area contributed by atoms with E-state index in [4.69, 9.17) is 19.4 Å². The van der Waals surface area contributed by atoms with Crippen molar-refractivity contribution in [2.45, 2.75) is 19.6 Å². The molecular weight excluding hydrogens is 436 g/mol. The van der Waals surface area contributed by atoms with Crippen LogP contribution in [-0.4, -0.2) is 39.3 Å². The fraction of sp³-hybridized carbons (Fsp3) is 0.200. The largest absolute Gasteiger partial charge is 0.497 e. The van der Waals surface area contributed by atoms with Gasteiger partial charge in [0.05, 0.1) is 46.9 Å². The molecule has 0 saturated heterocycles. The molecule has 3 heterocycles. The zero-order valence-electron chi connectivity index (χ0n) is 18.4. The molecule has 2 aromatic carbocycles. The first-order valence-electron chi connectivity index (χ1n) is 10.4. The first-order valence-corrected chi connectivity index (χ1v) is 11.2. The highest BCUT2D eigenvalue weighted by molar-refractivity contribution is 7.21. The third-order valence-corrected chi connectivity index (χ3v) is 6.45. The van der Waals surface area contributed by atoms with Gasteiger partial charge in [-0.1, -0.05) is 0 Å². The zero-order chi connectivity index (χ0) is 22.9. The van der Waals surface area contributed by atoms with Gasteiger partial charge in [0.15, 0.2) is 0 Å². The van der Waals surface area contributed by atoms with E-state index in [0.717, 1.165) is 48.6 Å². The molecule has 0 amide bonds. The summed E-state index contributed by atoms with van der Waals surface area (Å²) in [5, 5.41) is 11.9. The number of thiazole rings is 1. The molecule has 0 radical (unpaired) electrons. The third-order valence-electron chi connectivity index (χ3n) is 5.41. The lowest BCUT2D eigenvalue weighted by atomic mass is 10.0. The summed E-state index contributed by atoms with van der Waals surface area (Å²) in [6.45, 7) is 2.44. The molecule has 1 atom stereocenters. The fourth-order valence-electron chi connectivity index (χ4n) is 3.88. The Labute approximate surface area is 194 Å². The van der Waals surface area contributed by atoms with Crippen LogP contribution in [0.25, 0.3) is 31.8 Å². The summed E-state index contributed by atoms with van der Waals surface area (Å²) in [6.07, 6.45) is 4.21. The van der Waals surface area contributed by atoms with E-state index in [1.807, 2.05) is 25.1 Å². The molecule has 3 aromatic heterocycles. The number of pyridine rings is 1. The number of benzene rings is 2. The van der Waals surface area contributed by atoms with Crippen LogP contribution in [0, 0.1) is 6.92 Å². The standard InChI is InChI=1S/C25H22N4O3S/c1-14-8-19(22-20(9-14)28-16(12-27-22)13-31-2)25-29-23-18(10-17(32-3)11-21(23)33-25)24(30)15-4-6-26-7-5-15/h4-12,24,30H,13H2,1-3H3. The van der Waals surface area contributed by atoms with Crippen LogP contribution in [0.4, 0.5) is 0 Å². The van der Waals surface area contributed by atoms with Crippen LogP contribution in [0.3, 0.4) is 0 Å². The predicted octanol–water partition coefficient (Wildman–Crippen LogP) is 4.85. The average molecular weight is 459 g/mol. The highest BCUT2D eigenvalue weighted by Crippen LogP contribution is 2.39. The number of hydrogen-bond donors (Lipinski definition) is 1. The number of aryl methyl sites for hydroxylation is 1. The zero-order valence-corrected chi connectivity index (χ0v) is 19.3. The Kier molecular flexibility index (Phi) is 5.72. The molecule has 33 heavy (non-hydrogen) atoms. The summed E-state index contributed by atoms with van der Waals surface area (Å²) < 4.78 is 11.6. The van der Waals surface area contributed by atoms with E-state index in [1.165, 1.54) is 11.3 Å². The van der Waals surface area contributed by atoms with Crippen molar-refractivity contribution >= 4 is 32.6 Å². The number of aromatic nitrogens is 4. The van der Waals surface area contributed by atoms with E-state index in [-0.39, 0.29) is 0 Å².